The molecule has 1 fully saturated rings. The molecule has 25 heavy (non-hydrogen) atoms. The molecular formula is C20H30N2O3. The Morgan fingerprint density at radius 1 is 1.24 bits per heavy atom. The Bertz CT molecular complexity index is 560. The second-order valence-electron chi connectivity index (χ2n) is 6.44. The fraction of sp³-hybridized carbons (Fsp3) is 0.600. The summed E-state index contributed by atoms with van der Waals surface area (Å²) in [6.07, 6.45) is 5.85. The molecule has 0 bridgehead atoms. The molecule has 0 radical (unpaired) electrons. The number of amides is 2. The van der Waals surface area contributed by atoms with Gasteiger partial charge in [-0.3, -0.25) is 9.59 Å². The van der Waals surface area contributed by atoms with Gasteiger partial charge in [-0.2, -0.15) is 0 Å². The molecule has 0 saturated carbocycles. The summed E-state index contributed by atoms with van der Waals surface area (Å²) < 4.78 is 5.59. The first-order chi connectivity index (χ1) is 12.2. The van der Waals surface area contributed by atoms with Crippen molar-refractivity contribution in [2.75, 3.05) is 26.2 Å². The lowest BCUT2D eigenvalue weighted by molar-refractivity contribution is -0.130. The minimum Gasteiger partial charge on any atom is -0.494 e. The lowest BCUT2D eigenvalue weighted by Crippen LogP contribution is -2.34. The zero-order valence-electron chi connectivity index (χ0n) is 15.3. The number of nitrogens with zero attached hydrogens (tertiary/aromatic N) is 1. The van der Waals surface area contributed by atoms with E-state index in [1.807, 2.05) is 36.1 Å². The van der Waals surface area contributed by atoms with Gasteiger partial charge in [-0.1, -0.05) is 24.6 Å². The number of carbonyl (C=O) groups excluding carboxylic acids is 2. The van der Waals surface area contributed by atoms with Gasteiger partial charge in [0.1, 0.15) is 5.75 Å². The molecule has 1 saturated heterocycles. The highest BCUT2D eigenvalue weighted by Crippen LogP contribution is 2.19. The van der Waals surface area contributed by atoms with E-state index < -0.39 is 0 Å². The predicted molar refractivity (Wildman–Crippen MR) is 98.6 cm³/mol. The second kappa shape index (κ2) is 10.7. The van der Waals surface area contributed by atoms with Gasteiger partial charge in [0.2, 0.25) is 11.8 Å². The molecule has 1 aliphatic heterocycles. The molecule has 1 aromatic rings. The average molecular weight is 346 g/mol. The first-order valence-corrected chi connectivity index (χ1v) is 9.46. The number of benzene rings is 1. The number of para-hydroxylation sites is 1. The fourth-order valence-corrected chi connectivity index (χ4v) is 3.12. The van der Waals surface area contributed by atoms with E-state index >= 15 is 0 Å². The topological polar surface area (TPSA) is 58.6 Å². The van der Waals surface area contributed by atoms with E-state index in [-0.39, 0.29) is 11.8 Å². The molecule has 0 unspecified atom stereocenters. The van der Waals surface area contributed by atoms with Crippen LogP contribution in [0, 0.1) is 0 Å². The number of likely N-dealkylation sites (tertiary alicyclic amines) is 1. The van der Waals surface area contributed by atoms with Crippen LogP contribution in [0.4, 0.5) is 0 Å². The van der Waals surface area contributed by atoms with Gasteiger partial charge in [0, 0.05) is 32.5 Å². The largest absolute Gasteiger partial charge is 0.494 e. The smallest absolute Gasteiger partial charge is 0.222 e. The van der Waals surface area contributed by atoms with E-state index in [0.29, 0.717) is 32.4 Å². The van der Waals surface area contributed by atoms with Gasteiger partial charge >= 0.3 is 0 Å². The highest BCUT2D eigenvalue weighted by molar-refractivity contribution is 5.77. The molecule has 2 rings (SSSR count). The molecule has 1 aliphatic rings. The highest BCUT2D eigenvalue weighted by Gasteiger charge is 2.15. The third-order valence-corrected chi connectivity index (χ3v) is 4.49. The number of rotatable bonds is 9. The Balaban J connectivity index is 1.65. The zero-order chi connectivity index (χ0) is 17.9. The molecule has 0 atom stereocenters. The molecule has 1 N–H and O–H groups in total. The maximum atomic E-state index is 12.0. The molecule has 1 aromatic carbocycles. The van der Waals surface area contributed by atoms with Crippen molar-refractivity contribution in [1.29, 1.82) is 0 Å². The van der Waals surface area contributed by atoms with Gasteiger partial charge in [-0.25, -0.2) is 0 Å². The van der Waals surface area contributed by atoms with Gasteiger partial charge in [0.25, 0.3) is 0 Å². The minimum absolute atomic E-state index is 0.0495. The fourth-order valence-electron chi connectivity index (χ4n) is 3.12. The summed E-state index contributed by atoms with van der Waals surface area (Å²) in [6.45, 7) is 4.81. The standard InChI is InChI=1S/C20H30N2O3/c1-2-25-18-10-6-5-9-17(18)12-13-19(23)21-14-8-16-22-15-7-3-4-11-20(22)24/h5-6,9-10H,2-4,7-8,11-16H2,1H3,(H,21,23). The van der Waals surface area contributed by atoms with Crippen molar-refractivity contribution in [1.82, 2.24) is 10.2 Å². The van der Waals surface area contributed by atoms with Gasteiger partial charge < -0.3 is 15.0 Å². The predicted octanol–water partition coefficient (Wildman–Crippen LogP) is 2.93. The second-order valence-corrected chi connectivity index (χ2v) is 6.44. The summed E-state index contributed by atoms with van der Waals surface area (Å²) in [6, 6.07) is 7.85. The summed E-state index contributed by atoms with van der Waals surface area (Å²) in [5.41, 5.74) is 1.06. The number of carbonyl (C=O) groups is 2. The van der Waals surface area contributed by atoms with Crippen LogP contribution in [0.5, 0.6) is 5.75 Å². The van der Waals surface area contributed by atoms with Crippen LogP contribution in [-0.4, -0.2) is 43.0 Å². The summed E-state index contributed by atoms with van der Waals surface area (Å²) >= 11 is 0. The maximum absolute atomic E-state index is 12.0. The van der Waals surface area contributed by atoms with Crippen molar-refractivity contribution < 1.29 is 14.3 Å². The summed E-state index contributed by atoms with van der Waals surface area (Å²) in [4.78, 5) is 25.9. The summed E-state index contributed by atoms with van der Waals surface area (Å²) in [5, 5.41) is 2.96. The van der Waals surface area contributed by atoms with E-state index in [1.165, 1.54) is 0 Å². The Kier molecular flexibility index (Phi) is 8.29. The quantitative estimate of drug-likeness (QED) is 0.700. The Hall–Kier alpha value is -2.04. The average Bonchev–Trinajstić information content (AvgIpc) is 2.82. The lowest BCUT2D eigenvalue weighted by Gasteiger charge is -2.20. The first-order valence-electron chi connectivity index (χ1n) is 9.46. The third kappa shape index (κ3) is 6.77. The maximum Gasteiger partial charge on any atom is 0.222 e. The van der Waals surface area contributed by atoms with Gasteiger partial charge in [0.15, 0.2) is 0 Å². The Morgan fingerprint density at radius 3 is 2.92 bits per heavy atom. The van der Waals surface area contributed by atoms with E-state index in [9.17, 15) is 9.59 Å². The molecule has 0 aliphatic carbocycles. The van der Waals surface area contributed by atoms with E-state index in [2.05, 4.69) is 5.32 Å². The van der Waals surface area contributed by atoms with Gasteiger partial charge in [-0.05, 0) is 44.2 Å². The van der Waals surface area contributed by atoms with Crippen LogP contribution in [0.2, 0.25) is 0 Å². The van der Waals surface area contributed by atoms with Crippen LogP contribution in [0.1, 0.15) is 51.0 Å². The normalized spacial score (nSPS) is 14.9. The van der Waals surface area contributed by atoms with Crippen molar-refractivity contribution in [2.24, 2.45) is 0 Å². The Morgan fingerprint density at radius 2 is 2.08 bits per heavy atom. The molecular weight excluding hydrogens is 316 g/mol. The summed E-state index contributed by atoms with van der Waals surface area (Å²) in [7, 11) is 0. The molecule has 138 valence electrons. The highest BCUT2D eigenvalue weighted by atomic mass is 16.5. The number of hydrogen-bond acceptors (Lipinski definition) is 3. The summed E-state index contributed by atoms with van der Waals surface area (Å²) in [5.74, 6) is 1.17. The zero-order valence-corrected chi connectivity index (χ0v) is 15.3. The molecule has 0 aromatic heterocycles. The van der Waals surface area contributed by atoms with Crippen molar-refractivity contribution in [3.05, 3.63) is 29.8 Å². The minimum atomic E-state index is 0.0495. The molecule has 5 nitrogen and oxygen atoms in total. The van der Waals surface area contributed by atoms with Crippen LogP contribution < -0.4 is 10.1 Å². The van der Waals surface area contributed by atoms with Gasteiger partial charge in [-0.15, -0.1) is 0 Å². The van der Waals surface area contributed by atoms with Crippen molar-refractivity contribution in [3.63, 3.8) is 0 Å². The van der Waals surface area contributed by atoms with E-state index in [4.69, 9.17) is 4.74 Å². The van der Waals surface area contributed by atoms with Crippen LogP contribution in [0.25, 0.3) is 0 Å². The van der Waals surface area contributed by atoms with E-state index in [0.717, 1.165) is 50.1 Å². The van der Waals surface area contributed by atoms with Crippen LogP contribution >= 0.6 is 0 Å². The first kappa shape index (κ1) is 19.3. The van der Waals surface area contributed by atoms with Crippen molar-refractivity contribution >= 4 is 11.8 Å². The monoisotopic (exact) mass is 346 g/mol. The number of ether oxygens (including phenoxy) is 1. The SMILES string of the molecule is CCOc1ccccc1CCC(=O)NCCCN1CCCCCC1=O. The van der Waals surface area contributed by atoms with Crippen LogP contribution in [-0.2, 0) is 16.0 Å². The van der Waals surface area contributed by atoms with Crippen molar-refractivity contribution in [3.8, 4) is 5.75 Å². The van der Waals surface area contributed by atoms with Crippen LogP contribution in [0.3, 0.4) is 0 Å². The van der Waals surface area contributed by atoms with Gasteiger partial charge in [0.05, 0.1) is 6.61 Å². The molecule has 2 amide bonds. The molecule has 5 heteroatoms. The third-order valence-electron chi connectivity index (χ3n) is 4.49. The Labute approximate surface area is 150 Å². The number of aryl methyl sites for hydroxylation is 1. The number of nitrogens with one attached hydrogen (secondary N) is 1. The molecule has 1 heterocycles. The number of hydrogen-bond donors (Lipinski definition) is 1. The van der Waals surface area contributed by atoms with Crippen LogP contribution in [0.15, 0.2) is 24.3 Å². The molecule has 0 spiro atoms. The van der Waals surface area contributed by atoms with Crippen molar-refractivity contribution in [2.45, 2.75) is 51.9 Å². The van der Waals surface area contributed by atoms with E-state index in [1.54, 1.807) is 0 Å². The lowest BCUT2D eigenvalue weighted by atomic mass is 10.1.